The number of hydrogen-bond acceptors (Lipinski definition) is 2. The van der Waals surface area contributed by atoms with Crippen LogP contribution in [0, 0.1) is 12.3 Å². The van der Waals surface area contributed by atoms with Crippen molar-refractivity contribution in [2.24, 2.45) is 0 Å². The quantitative estimate of drug-likeness (QED) is 0.748. The highest BCUT2D eigenvalue weighted by Crippen LogP contribution is 2.22. The number of piperazine rings is 1. The second kappa shape index (κ2) is 5.77. The van der Waals surface area contributed by atoms with Crippen LogP contribution in [0.3, 0.4) is 0 Å². The average Bonchev–Trinajstić information content (AvgIpc) is 2.48. The van der Waals surface area contributed by atoms with Crippen LogP contribution in [0.5, 0.6) is 0 Å². The van der Waals surface area contributed by atoms with Crippen molar-refractivity contribution < 1.29 is 0 Å². The van der Waals surface area contributed by atoms with E-state index in [9.17, 15) is 0 Å². The molecule has 1 aromatic carbocycles. The molecule has 0 bridgehead atoms. The molecule has 1 atom stereocenters. The smallest absolute Gasteiger partial charge is 0.0242 e. The average molecular weight is 254 g/mol. The van der Waals surface area contributed by atoms with Gasteiger partial charge in [-0.25, -0.2) is 0 Å². The molecule has 2 aliphatic rings. The summed E-state index contributed by atoms with van der Waals surface area (Å²) in [7, 11) is 0. The van der Waals surface area contributed by atoms with Crippen LogP contribution in [0.25, 0.3) is 0 Å². The summed E-state index contributed by atoms with van der Waals surface area (Å²) in [5, 5.41) is 0. The van der Waals surface area contributed by atoms with E-state index in [4.69, 9.17) is 6.42 Å². The molecular formula is C17H22N2. The molecule has 2 saturated heterocycles. The van der Waals surface area contributed by atoms with E-state index in [-0.39, 0.29) is 0 Å². The van der Waals surface area contributed by atoms with Gasteiger partial charge >= 0.3 is 0 Å². The van der Waals surface area contributed by atoms with Crippen LogP contribution in [-0.4, -0.2) is 42.0 Å². The fraction of sp³-hybridized carbons (Fsp3) is 0.529. The minimum atomic E-state index is 0.799. The van der Waals surface area contributed by atoms with Crippen molar-refractivity contribution in [3.63, 3.8) is 0 Å². The van der Waals surface area contributed by atoms with Crippen LogP contribution < -0.4 is 0 Å². The summed E-state index contributed by atoms with van der Waals surface area (Å²) in [5.41, 5.74) is 2.35. The molecule has 2 fully saturated rings. The Kier molecular flexibility index (Phi) is 3.87. The Hall–Kier alpha value is -1.30. The summed E-state index contributed by atoms with van der Waals surface area (Å²) in [6.07, 6.45) is 9.57. The van der Waals surface area contributed by atoms with Gasteiger partial charge in [0.1, 0.15) is 0 Å². The second-order valence-electron chi connectivity index (χ2n) is 5.76. The summed E-state index contributed by atoms with van der Waals surface area (Å²) in [5.74, 6) is 2.67. The Balaban J connectivity index is 1.59. The molecule has 0 N–H and O–H groups in total. The lowest BCUT2D eigenvalue weighted by Gasteiger charge is -2.44. The zero-order chi connectivity index (χ0) is 13.1. The fourth-order valence-electron chi connectivity index (χ4n) is 3.33. The van der Waals surface area contributed by atoms with E-state index >= 15 is 0 Å². The summed E-state index contributed by atoms with van der Waals surface area (Å²) < 4.78 is 0. The number of fused-ring (bicyclic) bond motifs is 1. The first-order valence-electron chi connectivity index (χ1n) is 7.37. The molecule has 2 aliphatic heterocycles. The van der Waals surface area contributed by atoms with Crippen molar-refractivity contribution in [1.82, 2.24) is 9.80 Å². The SMILES string of the molecule is C#Cc1ccc(CN2CCN3CCCCC3C2)cc1. The first-order valence-corrected chi connectivity index (χ1v) is 7.37. The van der Waals surface area contributed by atoms with Gasteiger partial charge in [-0.15, -0.1) is 6.42 Å². The zero-order valence-electron chi connectivity index (χ0n) is 11.5. The maximum Gasteiger partial charge on any atom is 0.0242 e. The first-order chi connectivity index (χ1) is 9.35. The standard InChI is InChI=1S/C17H22N2/c1-2-15-6-8-16(9-7-15)13-18-11-12-19-10-4-3-5-17(19)14-18/h1,6-9,17H,3-5,10-14H2. The third kappa shape index (κ3) is 3.00. The Morgan fingerprint density at radius 3 is 2.74 bits per heavy atom. The van der Waals surface area contributed by atoms with Gasteiger partial charge in [0.25, 0.3) is 0 Å². The molecule has 2 nitrogen and oxygen atoms in total. The van der Waals surface area contributed by atoms with E-state index in [0.29, 0.717) is 0 Å². The normalized spacial score (nSPS) is 24.7. The third-order valence-corrected chi connectivity index (χ3v) is 4.45. The van der Waals surface area contributed by atoms with Crippen LogP contribution >= 0.6 is 0 Å². The molecule has 0 saturated carbocycles. The molecule has 19 heavy (non-hydrogen) atoms. The molecule has 0 radical (unpaired) electrons. The highest BCUT2D eigenvalue weighted by molar-refractivity contribution is 5.34. The van der Waals surface area contributed by atoms with Gasteiger partial charge in [0.2, 0.25) is 0 Å². The van der Waals surface area contributed by atoms with Crippen molar-refractivity contribution >= 4 is 0 Å². The van der Waals surface area contributed by atoms with E-state index in [2.05, 4.69) is 27.9 Å². The van der Waals surface area contributed by atoms with Crippen molar-refractivity contribution in [1.29, 1.82) is 0 Å². The van der Waals surface area contributed by atoms with Crippen LogP contribution in [0.2, 0.25) is 0 Å². The van der Waals surface area contributed by atoms with E-state index < -0.39 is 0 Å². The number of nitrogens with zero attached hydrogens (tertiary/aromatic N) is 2. The van der Waals surface area contributed by atoms with Crippen molar-refractivity contribution in [3.05, 3.63) is 35.4 Å². The molecule has 1 aromatic rings. The third-order valence-electron chi connectivity index (χ3n) is 4.45. The number of hydrogen-bond donors (Lipinski definition) is 0. The molecule has 3 rings (SSSR count). The Bertz CT molecular complexity index is 457. The number of rotatable bonds is 2. The van der Waals surface area contributed by atoms with E-state index in [1.165, 1.54) is 51.0 Å². The highest BCUT2D eigenvalue weighted by Gasteiger charge is 2.28. The monoisotopic (exact) mass is 254 g/mol. The fourth-order valence-corrected chi connectivity index (χ4v) is 3.33. The van der Waals surface area contributed by atoms with Gasteiger partial charge in [0.15, 0.2) is 0 Å². The predicted octanol–water partition coefficient (Wildman–Crippen LogP) is 2.34. The Morgan fingerprint density at radius 1 is 1.11 bits per heavy atom. The van der Waals surface area contributed by atoms with Gasteiger partial charge in [-0.3, -0.25) is 9.80 Å². The number of benzene rings is 1. The van der Waals surface area contributed by atoms with E-state index in [1.807, 2.05) is 12.1 Å². The highest BCUT2D eigenvalue weighted by atomic mass is 15.3. The zero-order valence-corrected chi connectivity index (χ0v) is 11.5. The predicted molar refractivity (Wildman–Crippen MR) is 78.9 cm³/mol. The van der Waals surface area contributed by atoms with Gasteiger partial charge in [0, 0.05) is 37.8 Å². The van der Waals surface area contributed by atoms with Gasteiger partial charge in [-0.05, 0) is 37.1 Å². The molecule has 0 spiro atoms. The van der Waals surface area contributed by atoms with Gasteiger partial charge in [-0.1, -0.05) is 24.5 Å². The van der Waals surface area contributed by atoms with E-state index in [0.717, 1.165) is 18.2 Å². The molecule has 2 heterocycles. The Labute approximate surface area is 116 Å². The van der Waals surface area contributed by atoms with Crippen LogP contribution in [0.4, 0.5) is 0 Å². The summed E-state index contributed by atoms with van der Waals surface area (Å²) in [6, 6.07) is 9.23. The van der Waals surface area contributed by atoms with Crippen LogP contribution in [0.15, 0.2) is 24.3 Å². The first kappa shape index (κ1) is 12.7. The number of terminal acetylenes is 1. The molecule has 0 aliphatic carbocycles. The molecule has 100 valence electrons. The molecule has 1 unspecified atom stereocenters. The second-order valence-corrected chi connectivity index (χ2v) is 5.76. The molecule has 0 aromatic heterocycles. The largest absolute Gasteiger partial charge is 0.298 e. The van der Waals surface area contributed by atoms with Crippen molar-refractivity contribution in [3.8, 4) is 12.3 Å². The topological polar surface area (TPSA) is 6.48 Å². The summed E-state index contributed by atoms with van der Waals surface area (Å²) in [6.45, 7) is 6.06. The Morgan fingerprint density at radius 2 is 1.95 bits per heavy atom. The van der Waals surface area contributed by atoms with Gasteiger partial charge < -0.3 is 0 Å². The van der Waals surface area contributed by atoms with E-state index in [1.54, 1.807) is 0 Å². The van der Waals surface area contributed by atoms with Crippen molar-refractivity contribution in [2.45, 2.75) is 31.8 Å². The van der Waals surface area contributed by atoms with Crippen LogP contribution in [-0.2, 0) is 6.54 Å². The minimum Gasteiger partial charge on any atom is -0.298 e. The van der Waals surface area contributed by atoms with Gasteiger partial charge in [0.05, 0.1) is 0 Å². The minimum absolute atomic E-state index is 0.799. The lowest BCUT2D eigenvalue weighted by molar-refractivity contribution is 0.0457. The lowest BCUT2D eigenvalue weighted by atomic mass is 9.99. The number of piperidine rings is 1. The molecule has 0 amide bonds. The lowest BCUT2D eigenvalue weighted by Crippen LogP contribution is -2.54. The maximum absolute atomic E-state index is 5.39. The van der Waals surface area contributed by atoms with Crippen LogP contribution in [0.1, 0.15) is 30.4 Å². The van der Waals surface area contributed by atoms with Crippen molar-refractivity contribution in [2.75, 3.05) is 26.2 Å². The van der Waals surface area contributed by atoms with Gasteiger partial charge in [-0.2, -0.15) is 0 Å². The molecule has 2 heteroatoms. The maximum atomic E-state index is 5.39. The summed E-state index contributed by atoms with van der Waals surface area (Å²) >= 11 is 0. The summed E-state index contributed by atoms with van der Waals surface area (Å²) in [4.78, 5) is 5.28. The molecular weight excluding hydrogens is 232 g/mol.